The largest absolute Gasteiger partial charge is 0.495 e. The van der Waals surface area contributed by atoms with Gasteiger partial charge in [0.1, 0.15) is 18.4 Å². The summed E-state index contributed by atoms with van der Waals surface area (Å²) >= 11 is 0. The minimum Gasteiger partial charge on any atom is -0.495 e. The number of carbonyl (C=O) groups is 1. The Morgan fingerprint density at radius 3 is 2.74 bits per heavy atom. The predicted molar refractivity (Wildman–Crippen MR) is 110 cm³/mol. The van der Waals surface area contributed by atoms with Crippen molar-refractivity contribution in [1.82, 2.24) is 25.0 Å². The van der Waals surface area contributed by atoms with Crippen molar-refractivity contribution in [3.63, 3.8) is 0 Å². The molecule has 1 aliphatic heterocycles. The maximum atomic E-state index is 12.9. The molecule has 0 radical (unpaired) electrons. The Bertz CT molecular complexity index is 1070. The maximum Gasteiger partial charge on any atom is 0.271 e. The molecule has 0 saturated carbocycles. The Kier molecular flexibility index (Phi) is 5.69. The number of aromatic nitrogens is 5. The van der Waals surface area contributed by atoms with E-state index in [4.69, 9.17) is 4.74 Å². The van der Waals surface area contributed by atoms with Crippen LogP contribution in [0.2, 0.25) is 0 Å². The van der Waals surface area contributed by atoms with Crippen molar-refractivity contribution in [3.05, 3.63) is 53.1 Å². The molecule has 12 nitrogen and oxygen atoms in total. The van der Waals surface area contributed by atoms with Crippen molar-refractivity contribution in [2.45, 2.75) is 12.8 Å². The highest BCUT2D eigenvalue weighted by Gasteiger charge is 2.28. The molecule has 1 atom stereocenters. The van der Waals surface area contributed by atoms with Gasteiger partial charge in [-0.3, -0.25) is 14.9 Å². The van der Waals surface area contributed by atoms with Gasteiger partial charge in [0.25, 0.3) is 5.69 Å². The van der Waals surface area contributed by atoms with Gasteiger partial charge in [-0.15, -0.1) is 10.2 Å². The van der Waals surface area contributed by atoms with Crippen LogP contribution in [-0.2, 0) is 4.79 Å². The first-order valence-corrected chi connectivity index (χ1v) is 9.62. The second kappa shape index (κ2) is 8.73. The molecule has 3 heterocycles. The molecule has 1 fully saturated rings. The third-order valence-electron chi connectivity index (χ3n) is 5.06. The Morgan fingerprint density at radius 2 is 2.06 bits per heavy atom. The zero-order valence-electron chi connectivity index (χ0n) is 16.7. The van der Waals surface area contributed by atoms with Crippen LogP contribution in [0.5, 0.6) is 5.75 Å². The number of nitro benzene ring substituents is 1. The zero-order valence-corrected chi connectivity index (χ0v) is 16.7. The van der Waals surface area contributed by atoms with E-state index in [1.54, 1.807) is 6.07 Å². The van der Waals surface area contributed by atoms with E-state index in [1.807, 2.05) is 11.0 Å². The molecule has 1 N–H and O–H groups in total. The van der Waals surface area contributed by atoms with Crippen molar-refractivity contribution < 1.29 is 14.5 Å². The number of nitrogens with one attached hydrogen (secondary N) is 1. The molecule has 1 unspecified atom stereocenters. The number of carbonyl (C=O) groups excluding carboxylic acids is 1. The van der Waals surface area contributed by atoms with E-state index in [-0.39, 0.29) is 23.2 Å². The van der Waals surface area contributed by atoms with Gasteiger partial charge >= 0.3 is 0 Å². The average Bonchev–Trinajstić information content (AvgIpc) is 3.34. The summed E-state index contributed by atoms with van der Waals surface area (Å²) in [4.78, 5) is 29.3. The van der Waals surface area contributed by atoms with Gasteiger partial charge in [0.05, 0.1) is 23.6 Å². The van der Waals surface area contributed by atoms with E-state index in [0.717, 1.165) is 13.0 Å². The molecule has 2 aromatic heterocycles. The van der Waals surface area contributed by atoms with Gasteiger partial charge in [-0.1, -0.05) is 0 Å². The van der Waals surface area contributed by atoms with Crippen LogP contribution in [0.4, 0.5) is 17.2 Å². The summed E-state index contributed by atoms with van der Waals surface area (Å²) in [6.45, 7) is 1.21. The minimum absolute atomic E-state index is 0.121. The molecular formula is C19H20N8O4. The number of methoxy groups -OCH3 is 1. The molecule has 1 aliphatic rings. The summed E-state index contributed by atoms with van der Waals surface area (Å²) in [7, 11) is 1.45. The smallest absolute Gasteiger partial charge is 0.271 e. The fraction of sp³-hybridized carbons (Fsp3) is 0.316. The number of benzene rings is 1. The standard InChI is InChI=1S/C19H20N8O4/c1-31-16-5-4-14(27(29)30)9-15(16)22-19(28)13-3-2-8-25(10-13)17-6-7-18(24-23-17)26-12-20-11-21-26/h4-7,9,11-13H,2-3,8,10H2,1H3,(H,22,28). The lowest BCUT2D eigenvalue weighted by Crippen LogP contribution is -2.41. The first kappa shape index (κ1) is 20.2. The summed E-state index contributed by atoms with van der Waals surface area (Å²) in [6, 6.07) is 7.71. The number of nitrogens with zero attached hydrogens (tertiary/aromatic N) is 7. The van der Waals surface area contributed by atoms with E-state index in [0.29, 0.717) is 30.4 Å². The van der Waals surface area contributed by atoms with E-state index in [1.165, 1.54) is 42.6 Å². The number of ether oxygens (including phenoxy) is 1. The lowest BCUT2D eigenvalue weighted by molar-refractivity contribution is -0.384. The normalized spacial score (nSPS) is 16.0. The van der Waals surface area contributed by atoms with E-state index < -0.39 is 4.92 Å². The fourth-order valence-electron chi connectivity index (χ4n) is 3.48. The topological polar surface area (TPSA) is 141 Å². The fourth-order valence-corrected chi connectivity index (χ4v) is 3.48. The number of rotatable bonds is 6. The number of nitro groups is 1. The molecule has 0 spiro atoms. The molecule has 0 bridgehead atoms. The lowest BCUT2D eigenvalue weighted by atomic mass is 9.97. The Morgan fingerprint density at radius 1 is 1.26 bits per heavy atom. The van der Waals surface area contributed by atoms with Crippen LogP contribution in [0.3, 0.4) is 0 Å². The van der Waals surface area contributed by atoms with E-state index in [2.05, 4.69) is 25.6 Å². The maximum absolute atomic E-state index is 12.9. The van der Waals surface area contributed by atoms with Crippen LogP contribution in [0.1, 0.15) is 12.8 Å². The number of piperidine rings is 1. The first-order valence-electron chi connectivity index (χ1n) is 9.62. The molecule has 3 aromatic rings. The second-order valence-electron chi connectivity index (χ2n) is 7.01. The average molecular weight is 424 g/mol. The minimum atomic E-state index is -0.515. The van der Waals surface area contributed by atoms with Crippen LogP contribution in [0.15, 0.2) is 43.0 Å². The van der Waals surface area contributed by atoms with Gasteiger partial charge in [-0.2, -0.15) is 5.10 Å². The quantitative estimate of drug-likeness (QED) is 0.463. The van der Waals surface area contributed by atoms with Crippen molar-refractivity contribution in [2.75, 3.05) is 30.4 Å². The Hall–Kier alpha value is -4.09. The summed E-state index contributed by atoms with van der Waals surface area (Å²) in [6.07, 6.45) is 4.45. The Labute approximate surface area is 177 Å². The van der Waals surface area contributed by atoms with Crippen molar-refractivity contribution >= 4 is 23.1 Å². The molecular weight excluding hydrogens is 404 g/mol. The van der Waals surface area contributed by atoms with Crippen LogP contribution in [0.25, 0.3) is 5.82 Å². The summed E-state index contributed by atoms with van der Waals surface area (Å²) in [5.41, 5.74) is 0.153. The molecule has 0 aliphatic carbocycles. The van der Waals surface area contributed by atoms with Crippen LogP contribution < -0.4 is 15.0 Å². The predicted octanol–water partition coefficient (Wildman–Crippen LogP) is 1.83. The molecule has 1 saturated heterocycles. The van der Waals surface area contributed by atoms with Crippen molar-refractivity contribution in [2.24, 2.45) is 5.92 Å². The zero-order chi connectivity index (χ0) is 21.8. The number of non-ortho nitro benzene ring substituents is 1. The molecule has 4 rings (SSSR count). The van der Waals surface area contributed by atoms with Crippen molar-refractivity contribution in [1.29, 1.82) is 0 Å². The third kappa shape index (κ3) is 4.42. The summed E-state index contributed by atoms with van der Waals surface area (Å²) in [5, 5.41) is 26.3. The number of amides is 1. The molecule has 160 valence electrons. The molecule has 12 heteroatoms. The highest BCUT2D eigenvalue weighted by atomic mass is 16.6. The van der Waals surface area contributed by atoms with Crippen molar-refractivity contribution in [3.8, 4) is 11.6 Å². The van der Waals surface area contributed by atoms with Gasteiger partial charge in [-0.25, -0.2) is 9.67 Å². The van der Waals surface area contributed by atoms with E-state index in [9.17, 15) is 14.9 Å². The Balaban J connectivity index is 1.45. The number of hydrogen-bond donors (Lipinski definition) is 1. The lowest BCUT2D eigenvalue weighted by Gasteiger charge is -2.32. The van der Waals surface area contributed by atoms with Gasteiger partial charge in [0.15, 0.2) is 11.6 Å². The second-order valence-corrected chi connectivity index (χ2v) is 7.01. The van der Waals surface area contributed by atoms with Crippen LogP contribution >= 0.6 is 0 Å². The van der Waals surface area contributed by atoms with Crippen LogP contribution in [-0.4, -0.2) is 56.0 Å². The van der Waals surface area contributed by atoms with Gasteiger partial charge in [-0.05, 0) is 31.0 Å². The van der Waals surface area contributed by atoms with Gasteiger partial charge in [0, 0.05) is 25.2 Å². The third-order valence-corrected chi connectivity index (χ3v) is 5.06. The van der Waals surface area contributed by atoms with E-state index >= 15 is 0 Å². The SMILES string of the molecule is COc1ccc([N+](=O)[O-])cc1NC(=O)C1CCCN(c2ccc(-n3cncn3)nn2)C1. The number of hydrogen-bond acceptors (Lipinski definition) is 9. The van der Waals surface area contributed by atoms with Gasteiger partial charge in [0.2, 0.25) is 5.91 Å². The van der Waals surface area contributed by atoms with Gasteiger partial charge < -0.3 is 15.0 Å². The monoisotopic (exact) mass is 424 g/mol. The highest BCUT2D eigenvalue weighted by Crippen LogP contribution is 2.30. The highest BCUT2D eigenvalue weighted by molar-refractivity contribution is 5.94. The summed E-state index contributed by atoms with van der Waals surface area (Å²) in [5.74, 6) is 1.03. The van der Waals surface area contributed by atoms with Crippen LogP contribution in [0, 0.1) is 16.0 Å². The number of anilines is 2. The summed E-state index contributed by atoms with van der Waals surface area (Å²) < 4.78 is 6.73. The molecule has 1 amide bonds. The molecule has 31 heavy (non-hydrogen) atoms. The molecule has 1 aromatic carbocycles. The first-order chi connectivity index (χ1) is 15.0.